The highest BCUT2D eigenvalue weighted by molar-refractivity contribution is 5.14. The Bertz CT molecular complexity index is 608. The number of nitrogens with zero attached hydrogens (tertiary/aromatic N) is 1. The third-order valence-electron chi connectivity index (χ3n) is 4.21. The van der Waals surface area contributed by atoms with Crippen molar-refractivity contribution in [2.75, 3.05) is 27.2 Å². The van der Waals surface area contributed by atoms with Crippen molar-refractivity contribution < 1.29 is 74.7 Å². The van der Waals surface area contributed by atoms with E-state index in [2.05, 4.69) is 0 Å². The first kappa shape index (κ1) is 28.8. The molecule has 0 aliphatic carbocycles. The van der Waals surface area contributed by atoms with E-state index < -0.39 is 65.5 Å². The van der Waals surface area contributed by atoms with Gasteiger partial charge in [0.2, 0.25) is 0 Å². The van der Waals surface area contributed by atoms with Crippen molar-refractivity contribution in [2.45, 2.75) is 54.8 Å². The molecule has 0 aliphatic rings. The predicted molar refractivity (Wildman–Crippen MR) is 68.1 cm³/mol. The molecule has 0 aliphatic heterocycles. The Balaban J connectivity index is 6.60. The molecule has 0 heterocycles. The van der Waals surface area contributed by atoms with Gasteiger partial charge < -0.3 is 4.48 Å². The molecule has 0 aromatic heterocycles. The average Bonchev–Trinajstić information content (AvgIpc) is 2.52. The van der Waals surface area contributed by atoms with Gasteiger partial charge in [0.05, 0.1) is 20.6 Å². The minimum atomic E-state index is -8.34. The van der Waals surface area contributed by atoms with Crippen LogP contribution in [0.4, 0.5) is 70.2 Å². The molecule has 0 unspecified atom stereocenters. The molecule has 0 amide bonds. The van der Waals surface area contributed by atoms with Gasteiger partial charge in [0, 0.05) is 0 Å². The highest BCUT2D eigenvalue weighted by Gasteiger charge is 2.93. The fourth-order valence-electron chi connectivity index (χ4n) is 1.92. The van der Waals surface area contributed by atoms with Crippen LogP contribution in [0.2, 0.25) is 0 Å². The third kappa shape index (κ3) is 3.89. The molecule has 0 N–H and O–H groups in total. The maximum Gasteiger partial charge on any atom is 0.385 e. The van der Waals surface area contributed by atoms with Crippen molar-refractivity contribution in [3.8, 4) is 0 Å². The van der Waals surface area contributed by atoms with Gasteiger partial charge in [-0.15, -0.1) is 0 Å². The van der Waals surface area contributed by atoms with E-state index in [-0.39, 0.29) is 0 Å². The molecule has 0 aromatic carbocycles. The van der Waals surface area contributed by atoms with Crippen LogP contribution in [0, 0.1) is 0 Å². The van der Waals surface area contributed by atoms with Crippen LogP contribution in [-0.2, 0) is 0 Å². The van der Waals surface area contributed by atoms with Gasteiger partial charge in [-0.05, 0) is 6.92 Å². The van der Waals surface area contributed by atoms with Crippen molar-refractivity contribution in [3.63, 3.8) is 0 Å². The van der Waals surface area contributed by atoms with Crippen LogP contribution in [0.3, 0.4) is 0 Å². The van der Waals surface area contributed by atoms with Crippen LogP contribution in [0.1, 0.15) is 6.92 Å². The maximum atomic E-state index is 13.7. The molecule has 0 aromatic rings. The van der Waals surface area contributed by atoms with Crippen molar-refractivity contribution in [1.82, 2.24) is 0 Å². The normalized spacial score (nSPS) is 16.4. The van der Waals surface area contributed by atoms with Gasteiger partial charge in [-0.3, -0.25) is 0 Å². The van der Waals surface area contributed by atoms with Gasteiger partial charge in [-0.2, -0.15) is 61.5 Å². The van der Waals surface area contributed by atoms with Crippen LogP contribution in [0.25, 0.3) is 0 Å². The molecule has 30 heavy (non-hydrogen) atoms. The maximum absolute atomic E-state index is 13.7. The van der Waals surface area contributed by atoms with Gasteiger partial charge in [-0.25, -0.2) is 8.78 Å². The van der Waals surface area contributed by atoms with Crippen molar-refractivity contribution >= 4 is 0 Å². The molecule has 0 radical (unpaired) electrons. The molecular weight excluding hydrogens is 474 g/mol. The second-order valence-electron chi connectivity index (χ2n) is 6.91. The lowest BCUT2D eigenvalue weighted by Crippen LogP contribution is -2.74. The van der Waals surface area contributed by atoms with Crippen LogP contribution < -0.4 is 0 Å². The van der Waals surface area contributed by atoms with Gasteiger partial charge in [0.1, 0.15) is 6.54 Å². The summed E-state index contributed by atoms with van der Waals surface area (Å²) in [4.78, 5) is 0. The Morgan fingerprint density at radius 2 is 0.867 bits per heavy atom. The lowest BCUT2D eigenvalue weighted by Gasteiger charge is -2.43. The smallest absolute Gasteiger partial charge is 0.324 e. The van der Waals surface area contributed by atoms with E-state index >= 15 is 0 Å². The van der Waals surface area contributed by atoms with Crippen molar-refractivity contribution in [1.29, 1.82) is 0 Å². The fraction of sp³-hybridized carbons (Fsp3) is 1.00. The average molecular weight is 488 g/mol. The molecule has 0 fully saturated rings. The lowest BCUT2D eigenvalue weighted by atomic mass is 9.89. The van der Waals surface area contributed by atoms with E-state index in [1.54, 1.807) is 0 Å². The minimum absolute atomic E-state index is 0.525. The summed E-state index contributed by atoms with van der Waals surface area (Å²) in [7, 11) is 1.37. The monoisotopic (exact) mass is 488 g/mol. The molecule has 0 atom stereocenters. The summed E-state index contributed by atoms with van der Waals surface area (Å²) in [5, 5.41) is 0. The first-order chi connectivity index (χ1) is 12.7. The number of quaternary nitrogens is 1. The molecule has 182 valence electrons. The predicted octanol–water partition coefficient (Wildman–Crippen LogP) is 5.79. The second-order valence-corrected chi connectivity index (χ2v) is 6.91. The summed E-state index contributed by atoms with van der Waals surface area (Å²) < 4.78 is 209. The fourth-order valence-corrected chi connectivity index (χ4v) is 1.92. The largest absolute Gasteiger partial charge is 0.385 e. The van der Waals surface area contributed by atoms with Gasteiger partial charge >= 0.3 is 47.9 Å². The highest BCUT2D eigenvalue weighted by Crippen LogP contribution is 2.62. The molecule has 0 rings (SSSR count). The zero-order valence-corrected chi connectivity index (χ0v) is 15.0. The summed E-state index contributed by atoms with van der Waals surface area (Å²) in [6.45, 7) is -1.90. The van der Waals surface area contributed by atoms with Crippen LogP contribution in [0.5, 0.6) is 0 Å². The molecule has 1 nitrogen and oxygen atoms in total. The first-order valence-corrected chi connectivity index (χ1v) is 7.46. The molecular formula is C13H14F16N+. The summed E-state index contributed by atoms with van der Waals surface area (Å²) in [6, 6.07) is 0. The Labute approximate surface area is 158 Å². The molecule has 0 saturated carbocycles. The van der Waals surface area contributed by atoms with Crippen molar-refractivity contribution in [2.24, 2.45) is 0 Å². The van der Waals surface area contributed by atoms with E-state index in [1.807, 2.05) is 0 Å². The third-order valence-corrected chi connectivity index (χ3v) is 4.21. The zero-order valence-electron chi connectivity index (χ0n) is 15.0. The molecule has 0 bridgehead atoms. The van der Waals surface area contributed by atoms with Crippen LogP contribution in [-0.4, -0.2) is 79.6 Å². The van der Waals surface area contributed by atoms with Gasteiger partial charge in [0.25, 0.3) is 0 Å². The van der Waals surface area contributed by atoms with E-state index in [0.29, 0.717) is 14.1 Å². The summed E-state index contributed by atoms with van der Waals surface area (Å²) >= 11 is 0. The molecule has 0 spiro atoms. The number of hydrogen-bond donors (Lipinski definition) is 0. The van der Waals surface area contributed by atoms with E-state index in [0.717, 1.165) is 6.92 Å². The van der Waals surface area contributed by atoms with Crippen LogP contribution in [0.15, 0.2) is 0 Å². The van der Waals surface area contributed by atoms with E-state index in [9.17, 15) is 70.2 Å². The zero-order chi connectivity index (χ0) is 25.0. The Hall–Kier alpha value is -1.16. The van der Waals surface area contributed by atoms with E-state index in [4.69, 9.17) is 0 Å². The first-order valence-electron chi connectivity index (χ1n) is 7.46. The molecule has 17 heteroatoms. The number of rotatable bonds is 10. The highest BCUT2D eigenvalue weighted by atomic mass is 19.4. The summed E-state index contributed by atoms with van der Waals surface area (Å²) in [5.41, 5.74) is 0. The summed E-state index contributed by atoms with van der Waals surface area (Å²) in [6.07, 6.45) is -5.84. The Morgan fingerprint density at radius 1 is 0.567 bits per heavy atom. The lowest BCUT2D eigenvalue weighted by molar-refractivity contribution is -0.898. The standard InChI is InChI=1S/C13H14F16N/c1-4-30(2,3)5-7(16,17)9(20,21)11(24,25)13(28,29)12(26,27)10(22,23)8(18,19)6(14)15/h6H,4-5H2,1-3H3/q+1. The summed E-state index contributed by atoms with van der Waals surface area (Å²) in [5.74, 6) is -54.0. The van der Waals surface area contributed by atoms with Crippen LogP contribution >= 0.6 is 0 Å². The van der Waals surface area contributed by atoms with Gasteiger partial charge in [-0.1, -0.05) is 0 Å². The topological polar surface area (TPSA) is 0 Å². The Kier molecular flexibility index (Phi) is 7.17. The number of hydrogen-bond acceptors (Lipinski definition) is 0. The Morgan fingerprint density at radius 3 is 1.17 bits per heavy atom. The number of alkyl halides is 16. The van der Waals surface area contributed by atoms with E-state index in [1.165, 1.54) is 0 Å². The second kappa shape index (κ2) is 7.46. The molecule has 0 saturated heterocycles. The number of halogens is 16. The van der Waals surface area contributed by atoms with Gasteiger partial charge in [0.15, 0.2) is 0 Å². The van der Waals surface area contributed by atoms with Crippen molar-refractivity contribution in [3.05, 3.63) is 0 Å². The SMILES string of the molecule is CC[N+](C)(C)CC(F)(F)C(F)(F)C(F)(F)C(F)(F)C(F)(F)C(F)(F)C(F)(F)C(F)F. The quantitative estimate of drug-likeness (QED) is 0.270. The minimum Gasteiger partial charge on any atom is -0.324 e.